The Bertz CT molecular complexity index is 768. The van der Waals surface area contributed by atoms with E-state index in [0.29, 0.717) is 5.69 Å². The zero-order valence-corrected chi connectivity index (χ0v) is 18.3. The van der Waals surface area contributed by atoms with Crippen molar-refractivity contribution in [2.24, 2.45) is 15.3 Å². The molecule has 0 bridgehead atoms. The number of halogens is 2. The molecule has 1 N–H and O–H groups in total. The molecule has 4 nitrogen and oxygen atoms in total. The first-order chi connectivity index (χ1) is 11.4. The van der Waals surface area contributed by atoms with Crippen LogP contribution in [0.25, 0.3) is 0 Å². The minimum Gasteiger partial charge on any atom is -0.204 e. The van der Waals surface area contributed by atoms with Crippen LogP contribution in [-0.2, 0) is 5.41 Å². The number of hydrogen-bond acceptors (Lipinski definition) is 4. The maximum atomic E-state index is 7.04. The van der Waals surface area contributed by atoms with Crippen LogP contribution in [0.4, 0.5) is 17.1 Å². The highest BCUT2D eigenvalue weighted by Crippen LogP contribution is 2.36. The van der Waals surface area contributed by atoms with E-state index in [9.17, 15) is 0 Å². The van der Waals surface area contributed by atoms with E-state index in [1.54, 1.807) is 6.07 Å². The van der Waals surface area contributed by atoms with Crippen LogP contribution in [0.3, 0.4) is 0 Å². The number of nitrogens with one attached hydrogen (secondary N) is 1. The molecule has 2 rings (SSSR count). The molecule has 0 fully saturated rings. The standard InChI is InChI=1S/C18H20I2N4/c1-4-18(3,5-2)14-8-6-13(11-15(14)19)23-24-17-9-7-12(22-21)10-16(17)20/h6-11,21H,4-5H2,1-3H3. The van der Waals surface area contributed by atoms with Gasteiger partial charge in [0.1, 0.15) is 0 Å². The van der Waals surface area contributed by atoms with Gasteiger partial charge < -0.3 is 0 Å². The summed E-state index contributed by atoms with van der Waals surface area (Å²) in [6.45, 7) is 6.79. The average molecular weight is 546 g/mol. The Kier molecular flexibility index (Phi) is 6.85. The summed E-state index contributed by atoms with van der Waals surface area (Å²) in [4.78, 5) is 0. The van der Waals surface area contributed by atoms with E-state index in [-0.39, 0.29) is 5.41 Å². The summed E-state index contributed by atoms with van der Waals surface area (Å²) in [6.07, 6.45) is 2.23. The third-order valence-corrected chi connectivity index (χ3v) is 6.25. The van der Waals surface area contributed by atoms with Crippen molar-refractivity contribution in [3.63, 3.8) is 0 Å². The van der Waals surface area contributed by atoms with E-state index >= 15 is 0 Å². The van der Waals surface area contributed by atoms with Crippen molar-refractivity contribution in [1.29, 1.82) is 5.53 Å². The van der Waals surface area contributed by atoms with E-state index in [1.807, 2.05) is 18.2 Å². The number of rotatable bonds is 6. The third kappa shape index (κ3) is 4.38. The maximum absolute atomic E-state index is 7.04. The van der Waals surface area contributed by atoms with Gasteiger partial charge in [-0.25, -0.2) is 5.53 Å². The molecular weight excluding hydrogens is 526 g/mol. The predicted molar refractivity (Wildman–Crippen MR) is 115 cm³/mol. The summed E-state index contributed by atoms with van der Waals surface area (Å²) in [5.74, 6) is 0. The number of benzene rings is 2. The first-order valence-corrected chi connectivity index (χ1v) is 9.98. The molecule has 2 aromatic rings. The fourth-order valence-electron chi connectivity index (χ4n) is 2.44. The molecule has 2 aromatic carbocycles. The highest BCUT2D eigenvalue weighted by molar-refractivity contribution is 14.1. The second-order valence-electron chi connectivity index (χ2n) is 5.88. The van der Waals surface area contributed by atoms with Gasteiger partial charge in [-0.05, 0) is 99.3 Å². The lowest BCUT2D eigenvalue weighted by atomic mass is 9.78. The van der Waals surface area contributed by atoms with Crippen LogP contribution in [0.1, 0.15) is 39.2 Å². The zero-order chi connectivity index (χ0) is 17.7. The lowest BCUT2D eigenvalue weighted by molar-refractivity contribution is 0.437. The normalized spacial score (nSPS) is 11.9. The smallest absolute Gasteiger partial charge is 0.0991 e. The Hall–Kier alpha value is -0.900. The summed E-state index contributed by atoms with van der Waals surface area (Å²) >= 11 is 4.58. The molecule has 126 valence electrons. The SMILES string of the molecule is CCC(C)(CC)c1ccc(N=Nc2ccc(N=N)cc2I)cc1I. The van der Waals surface area contributed by atoms with Crippen LogP contribution < -0.4 is 0 Å². The summed E-state index contributed by atoms with van der Waals surface area (Å²) < 4.78 is 2.16. The van der Waals surface area contributed by atoms with E-state index in [2.05, 4.69) is 93.4 Å². The topological polar surface area (TPSA) is 60.9 Å². The van der Waals surface area contributed by atoms with Gasteiger partial charge in [0.05, 0.1) is 17.1 Å². The lowest BCUT2D eigenvalue weighted by Crippen LogP contribution is -2.20. The van der Waals surface area contributed by atoms with Crippen molar-refractivity contribution in [2.45, 2.75) is 39.0 Å². The van der Waals surface area contributed by atoms with Gasteiger partial charge in [0.15, 0.2) is 0 Å². The maximum Gasteiger partial charge on any atom is 0.0991 e. The molecular formula is C18H20I2N4. The Balaban J connectivity index is 2.28. The van der Waals surface area contributed by atoms with E-state index in [4.69, 9.17) is 5.53 Å². The summed E-state index contributed by atoms with van der Waals surface area (Å²) in [7, 11) is 0. The molecule has 0 saturated carbocycles. The van der Waals surface area contributed by atoms with Crippen LogP contribution in [0.5, 0.6) is 0 Å². The molecule has 0 aliphatic rings. The molecule has 0 saturated heterocycles. The second-order valence-corrected chi connectivity index (χ2v) is 8.20. The zero-order valence-electron chi connectivity index (χ0n) is 14.0. The van der Waals surface area contributed by atoms with Gasteiger partial charge in [0.25, 0.3) is 0 Å². The van der Waals surface area contributed by atoms with Crippen LogP contribution in [0, 0.1) is 12.7 Å². The van der Waals surface area contributed by atoms with Gasteiger partial charge in [0, 0.05) is 7.14 Å². The summed E-state index contributed by atoms with van der Waals surface area (Å²) in [6, 6.07) is 11.7. The molecule has 0 aliphatic heterocycles. The predicted octanol–water partition coefficient (Wildman–Crippen LogP) is 8.05. The molecule has 0 aromatic heterocycles. The monoisotopic (exact) mass is 546 g/mol. The van der Waals surface area contributed by atoms with Gasteiger partial charge in [-0.3, -0.25) is 0 Å². The van der Waals surface area contributed by atoms with Gasteiger partial charge in [-0.1, -0.05) is 26.8 Å². The highest BCUT2D eigenvalue weighted by Gasteiger charge is 2.24. The third-order valence-electron chi connectivity index (χ3n) is 4.50. The average Bonchev–Trinajstić information content (AvgIpc) is 2.60. The Morgan fingerprint density at radius 3 is 2.08 bits per heavy atom. The first-order valence-electron chi connectivity index (χ1n) is 7.82. The molecule has 24 heavy (non-hydrogen) atoms. The van der Waals surface area contributed by atoms with Crippen molar-refractivity contribution in [1.82, 2.24) is 0 Å². The minimum atomic E-state index is 0.206. The lowest BCUT2D eigenvalue weighted by Gasteiger charge is -2.28. The van der Waals surface area contributed by atoms with Gasteiger partial charge in [0.2, 0.25) is 0 Å². The number of nitrogens with zero attached hydrogens (tertiary/aromatic N) is 3. The molecule has 0 aliphatic carbocycles. The van der Waals surface area contributed by atoms with E-state index in [1.165, 1.54) is 9.13 Å². The number of azo groups is 1. The summed E-state index contributed by atoms with van der Waals surface area (Å²) in [5, 5.41) is 12.1. The fourth-order valence-corrected chi connectivity index (χ4v) is 4.20. The Morgan fingerprint density at radius 1 is 0.917 bits per heavy atom. The molecule has 6 heteroatoms. The first kappa shape index (κ1) is 19.4. The fraction of sp³-hybridized carbons (Fsp3) is 0.333. The van der Waals surface area contributed by atoms with Crippen LogP contribution in [0.15, 0.2) is 51.7 Å². The molecule has 0 heterocycles. The van der Waals surface area contributed by atoms with E-state index < -0.39 is 0 Å². The minimum absolute atomic E-state index is 0.206. The molecule has 0 amide bonds. The molecule has 0 radical (unpaired) electrons. The second kappa shape index (κ2) is 8.46. The molecule has 0 atom stereocenters. The molecule has 0 spiro atoms. The Labute approximate surface area is 170 Å². The van der Waals surface area contributed by atoms with Crippen molar-refractivity contribution in [2.75, 3.05) is 0 Å². The highest BCUT2D eigenvalue weighted by atomic mass is 127. The van der Waals surface area contributed by atoms with Crippen LogP contribution in [-0.4, -0.2) is 0 Å². The quantitative estimate of drug-likeness (QED) is 0.282. The van der Waals surface area contributed by atoms with Crippen LogP contribution in [0.2, 0.25) is 0 Å². The van der Waals surface area contributed by atoms with Gasteiger partial charge >= 0.3 is 0 Å². The Morgan fingerprint density at radius 2 is 1.54 bits per heavy atom. The molecule has 0 unspecified atom stereocenters. The van der Waals surface area contributed by atoms with Gasteiger partial charge in [-0.15, -0.1) is 5.11 Å². The number of hydrogen-bond donors (Lipinski definition) is 1. The summed E-state index contributed by atoms with van der Waals surface area (Å²) in [5.41, 5.74) is 10.9. The van der Waals surface area contributed by atoms with Crippen molar-refractivity contribution < 1.29 is 0 Å². The largest absolute Gasteiger partial charge is 0.204 e. The van der Waals surface area contributed by atoms with Crippen molar-refractivity contribution in [3.8, 4) is 0 Å². The van der Waals surface area contributed by atoms with Crippen LogP contribution >= 0.6 is 45.2 Å². The van der Waals surface area contributed by atoms with E-state index in [0.717, 1.165) is 27.8 Å². The van der Waals surface area contributed by atoms with Crippen molar-refractivity contribution >= 4 is 62.2 Å². The van der Waals surface area contributed by atoms with Gasteiger partial charge in [-0.2, -0.15) is 10.2 Å². The van der Waals surface area contributed by atoms with Crippen molar-refractivity contribution in [3.05, 3.63) is 49.1 Å².